The largest absolute Gasteiger partial charge is 0.456 e. The van der Waals surface area contributed by atoms with Gasteiger partial charge in [0.25, 0.3) is 0 Å². The molecule has 27 heavy (non-hydrogen) atoms. The zero-order valence-corrected chi connectivity index (χ0v) is 15.2. The third kappa shape index (κ3) is 4.04. The normalized spacial score (nSPS) is 16.8. The first-order valence-corrected chi connectivity index (χ1v) is 8.19. The van der Waals surface area contributed by atoms with Crippen LogP contribution in [0.5, 0.6) is 5.75 Å². The molecule has 0 fully saturated rings. The van der Waals surface area contributed by atoms with E-state index in [1.807, 2.05) is 0 Å². The van der Waals surface area contributed by atoms with E-state index in [0.717, 1.165) is 0 Å². The van der Waals surface area contributed by atoms with E-state index in [4.69, 9.17) is 4.74 Å². The van der Waals surface area contributed by atoms with Crippen molar-refractivity contribution in [2.75, 3.05) is 5.32 Å². The number of ether oxygens (including phenoxy) is 2. The number of nitrogens with one attached hydrogen (secondary N) is 1. The molecule has 1 aliphatic rings. The minimum absolute atomic E-state index is 0.0131. The molecule has 1 aromatic carbocycles. The van der Waals surface area contributed by atoms with E-state index in [9.17, 15) is 13.6 Å². The standard InChI is InChI=1S/C17H19F2N5O3/c1-9-12(14(25)27-17(2,3)4)13(24-16(20-9)21-22-23-24)10-5-7-11(8-6-10)26-15(18)19/h5-8,13,15H,1-4H3,(H,20,21,23)/t13-/m1/s1. The number of tetrazole rings is 1. The van der Waals surface area contributed by atoms with Crippen LogP contribution in [-0.4, -0.2) is 38.4 Å². The Labute approximate surface area is 154 Å². The minimum atomic E-state index is -2.92. The first-order chi connectivity index (χ1) is 12.7. The molecule has 144 valence electrons. The topological polar surface area (TPSA) is 91.2 Å². The maximum Gasteiger partial charge on any atom is 0.387 e. The van der Waals surface area contributed by atoms with Gasteiger partial charge in [0.1, 0.15) is 17.4 Å². The zero-order valence-electron chi connectivity index (χ0n) is 15.2. The molecule has 1 aromatic heterocycles. The van der Waals surface area contributed by atoms with Gasteiger partial charge in [0, 0.05) is 5.70 Å². The van der Waals surface area contributed by atoms with Crippen LogP contribution in [0.15, 0.2) is 35.5 Å². The fourth-order valence-corrected chi connectivity index (χ4v) is 2.75. The van der Waals surface area contributed by atoms with Crippen LogP contribution in [-0.2, 0) is 9.53 Å². The van der Waals surface area contributed by atoms with Crippen LogP contribution in [0.4, 0.5) is 14.7 Å². The van der Waals surface area contributed by atoms with Gasteiger partial charge in [-0.1, -0.05) is 17.2 Å². The molecule has 2 aromatic rings. The number of benzene rings is 1. The molecule has 10 heteroatoms. The van der Waals surface area contributed by atoms with Crippen molar-refractivity contribution in [1.29, 1.82) is 0 Å². The summed E-state index contributed by atoms with van der Waals surface area (Å²) in [5, 5.41) is 14.5. The van der Waals surface area contributed by atoms with Gasteiger partial charge in [0.15, 0.2) is 0 Å². The Hall–Kier alpha value is -3.04. The van der Waals surface area contributed by atoms with Gasteiger partial charge in [-0.2, -0.15) is 13.5 Å². The second kappa shape index (κ2) is 6.93. The molecule has 1 aliphatic heterocycles. The highest BCUT2D eigenvalue weighted by Gasteiger charge is 2.36. The van der Waals surface area contributed by atoms with Crippen LogP contribution in [0.1, 0.15) is 39.3 Å². The van der Waals surface area contributed by atoms with Crippen LogP contribution in [0, 0.1) is 0 Å². The molecule has 0 unspecified atom stereocenters. The Balaban J connectivity index is 2.02. The lowest BCUT2D eigenvalue weighted by molar-refractivity contribution is -0.150. The third-order valence-electron chi connectivity index (χ3n) is 3.75. The lowest BCUT2D eigenvalue weighted by Crippen LogP contribution is -2.33. The van der Waals surface area contributed by atoms with Crippen molar-refractivity contribution in [1.82, 2.24) is 20.2 Å². The van der Waals surface area contributed by atoms with Gasteiger partial charge in [-0.15, -0.1) is 0 Å². The minimum Gasteiger partial charge on any atom is -0.456 e. The number of rotatable bonds is 4. The number of hydrogen-bond donors (Lipinski definition) is 1. The summed E-state index contributed by atoms with van der Waals surface area (Å²) in [4.78, 5) is 12.8. The lowest BCUT2D eigenvalue weighted by atomic mass is 9.95. The Morgan fingerprint density at radius 1 is 1.26 bits per heavy atom. The molecule has 8 nitrogen and oxygen atoms in total. The number of anilines is 1. The van der Waals surface area contributed by atoms with Gasteiger partial charge in [-0.25, -0.2) is 4.79 Å². The molecular weight excluding hydrogens is 360 g/mol. The molecule has 0 saturated carbocycles. The number of carbonyl (C=O) groups excluding carboxylic acids is 1. The number of halogens is 2. The molecule has 0 radical (unpaired) electrons. The number of allylic oxidation sites excluding steroid dienone is 1. The summed E-state index contributed by atoms with van der Waals surface area (Å²) in [6.45, 7) is 4.11. The van der Waals surface area contributed by atoms with Crippen LogP contribution >= 0.6 is 0 Å². The predicted octanol–water partition coefficient (Wildman–Crippen LogP) is 2.91. The van der Waals surface area contributed by atoms with Crippen LogP contribution in [0.25, 0.3) is 0 Å². The van der Waals surface area contributed by atoms with Crippen LogP contribution < -0.4 is 10.1 Å². The van der Waals surface area contributed by atoms with Gasteiger partial charge in [-0.05, 0) is 55.8 Å². The van der Waals surface area contributed by atoms with Gasteiger partial charge in [0.05, 0.1) is 5.57 Å². The van der Waals surface area contributed by atoms with E-state index in [1.165, 1.54) is 16.8 Å². The summed E-state index contributed by atoms with van der Waals surface area (Å²) in [7, 11) is 0. The van der Waals surface area contributed by atoms with E-state index in [1.54, 1.807) is 39.8 Å². The van der Waals surface area contributed by atoms with Crippen molar-refractivity contribution in [3.63, 3.8) is 0 Å². The highest BCUT2D eigenvalue weighted by atomic mass is 19.3. The Morgan fingerprint density at radius 3 is 2.52 bits per heavy atom. The van der Waals surface area contributed by atoms with Crippen molar-refractivity contribution < 1.29 is 23.0 Å². The molecular formula is C17H19F2N5O3. The summed E-state index contributed by atoms with van der Waals surface area (Å²) in [5.74, 6) is -0.150. The number of nitrogens with zero attached hydrogens (tertiary/aromatic N) is 4. The third-order valence-corrected chi connectivity index (χ3v) is 3.75. The number of esters is 1. The maximum atomic E-state index is 12.8. The number of alkyl halides is 2. The Kier molecular flexibility index (Phi) is 4.81. The van der Waals surface area contributed by atoms with E-state index >= 15 is 0 Å². The van der Waals surface area contributed by atoms with Gasteiger partial charge < -0.3 is 14.8 Å². The second-order valence-corrected chi connectivity index (χ2v) is 6.96. The first-order valence-electron chi connectivity index (χ1n) is 8.19. The van der Waals surface area contributed by atoms with Crippen molar-refractivity contribution in [2.24, 2.45) is 0 Å². The van der Waals surface area contributed by atoms with Crippen molar-refractivity contribution in [2.45, 2.75) is 45.9 Å². The SMILES string of the molecule is CC1=C(C(=O)OC(C)(C)C)[C@@H](c2ccc(OC(F)F)cc2)n2nnnc2N1. The number of hydrogen-bond acceptors (Lipinski definition) is 7. The lowest BCUT2D eigenvalue weighted by Gasteiger charge is -2.29. The summed E-state index contributed by atoms with van der Waals surface area (Å²) in [5.41, 5.74) is 0.800. The van der Waals surface area contributed by atoms with E-state index in [-0.39, 0.29) is 5.75 Å². The molecule has 2 heterocycles. The van der Waals surface area contributed by atoms with E-state index < -0.39 is 24.2 Å². The molecule has 1 N–H and O–H groups in total. The quantitative estimate of drug-likeness (QED) is 0.817. The van der Waals surface area contributed by atoms with Gasteiger partial charge in [0.2, 0.25) is 5.95 Å². The summed E-state index contributed by atoms with van der Waals surface area (Å²) >= 11 is 0. The fraction of sp³-hybridized carbons (Fsp3) is 0.412. The molecule has 0 aliphatic carbocycles. The van der Waals surface area contributed by atoms with Crippen LogP contribution in [0.3, 0.4) is 0 Å². The molecule has 0 bridgehead atoms. The monoisotopic (exact) mass is 379 g/mol. The maximum absolute atomic E-state index is 12.8. The summed E-state index contributed by atoms with van der Waals surface area (Å²) < 4.78 is 36.1. The molecule has 3 rings (SSSR count). The highest BCUT2D eigenvalue weighted by Crippen LogP contribution is 2.36. The average molecular weight is 379 g/mol. The Bertz CT molecular complexity index is 871. The van der Waals surface area contributed by atoms with Crippen LogP contribution in [0.2, 0.25) is 0 Å². The van der Waals surface area contributed by atoms with Crippen molar-refractivity contribution in [3.05, 3.63) is 41.1 Å². The molecule has 0 amide bonds. The number of fused-ring (bicyclic) bond motifs is 1. The van der Waals surface area contributed by atoms with E-state index in [2.05, 4.69) is 25.6 Å². The zero-order chi connectivity index (χ0) is 19.8. The van der Waals surface area contributed by atoms with Crippen molar-refractivity contribution in [3.8, 4) is 5.75 Å². The summed E-state index contributed by atoms with van der Waals surface area (Å²) in [6, 6.07) is 5.28. The number of carbonyl (C=O) groups is 1. The van der Waals surface area contributed by atoms with Gasteiger partial charge in [-0.3, -0.25) is 0 Å². The highest BCUT2D eigenvalue weighted by molar-refractivity contribution is 5.92. The molecule has 1 atom stereocenters. The molecule has 0 saturated heterocycles. The first kappa shape index (κ1) is 18.7. The molecule has 0 spiro atoms. The second-order valence-electron chi connectivity index (χ2n) is 6.96. The van der Waals surface area contributed by atoms with Crippen molar-refractivity contribution >= 4 is 11.9 Å². The van der Waals surface area contributed by atoms with Gasteiger partial charge >= 0.3 is 12.6 Å². The average Bonchev–Trinajstić information content (AvgIpc) is 3.00. The summed E-state index contributed by atoms with van der Waals surface area (Å²) in [6.07, 6.45) is 0. The number of aromatic nitrogens is 4. The predicted molar refractivity (Wildman–Crippen MR) is 91.2 cm³/mol. The Morgan fingerprint density at radius 2 is 1.93 bits per heavy atom. The fourth-order valence-electron chi connectivity index (χ4n) is 2.75. The van der Waals surface area contributed by atoms with E-state index in [0.29, 0.717) is 22.8 Å². The smallest absolute Gasteiger partial charge is 0.387 e.